The lowest BCUT2D eigenvalue weighted by molar-refractivity contribution is -0.154. The second kappa shape index (κ2) is 36.2. The molecule has 6 amide bonds. The summed E-state index contributed by atoms with van der Waals surface area (Å²) in [5.74, 6) is -6.54. The van der Waals surface area contributed by atoms with E-state index in [1.54, 1.807) is 0 Å². The number of esters is 6. The van der Waals surface area contributed by atoms with Crippen LogP contribution in [-0.2, 0) is 186 Å². The third-order valence-corrected chi connectivity index (χ3v) is 38.6. The molecule has 18 saturated heterocycles. The fourth-order valence-electron chi connectivity index (χ4n) is 17.0. The van der Waals surface area contributed by atoms with E-state index in [4.69, 9.17) is 67.7 Å². The molecular weight excluding hydrogens is 1840 g/mol. The van der Waals surface area contributed by atoms with Crippen LogP contribution in [-0.4, -0.2) is 334 Å². The molecule has 30 atom stereocenters. The van der Waals surface area contributed by atoms with Gasteiger partial charge in [-0.05, 0) is 78.4 Å². The van der Waals surface area contributed by atoms with Crippen LogP contribution >= 0.6 is 35.3 Å². The molecule has 18 aliphatic heterocycles. The first-order chi connectivity index (χ1) is 58.0. The van der Waals surface area contributed by atoms with Gasteiger partial charge in [-0.1, -0.05) is 39.5 Å². The Morgan fingerprint density at radius 1 is 0.298 bits per heavy atom. The molecule has 124 heavy (non-hydrogen) atoms. The highest BCUT2D eigenvalue weighted by molar-refractivity contribution is 8.03. The first-order valence-electron chi connectivity index (χ1n) is 38.2. The Balaban J connectivity index is 0.000000128. The Morgan fingerprint density at radius 3 is 0.718 bits per heavy atom. The average Bonchev–Trinajstić information content (AvgIpc) is 1.60. The van der Waals surface area contributed by atoms with Crippen LogP contribution in [0.25, 0.3) is 0 Å². The molecule has 0 aliphatic carbocycles. The molecule has 30 unspecified atom stereocenters. The van der Waals surface area contributed by atoms with Gasteiger partial charge >= 0.3 is 35.8 Å². The number of thioether (sulfide) groups is 3. The van der Waals surface area contributed by atoms with Gasteiger partial charge in [0.1, 0.15) is 144 Å². The highest BCUT2D eigenvalue weighted by Gasteiger charge is 2.72. The monoisotopic (exact) mass is 1920 g/mol. The first kappa shape index (κ1) is 94.1. The molecule has 18 fully saturated rings. The van der Waals surface area contributed by atoms with Crippen molar-refractivity contribution in [2.45, 2.75) is 239 Å². The Morgan fingerprint density at radius 2 is 0.500 bits per heavy atom. The van der Waals surface area contributed by atoms with Crippen molar-refractivity contribution >= 4 is 167 Å². The number of amides is 6. The quantitative estimate of drug-likeness (QED) is 0.0227. The minimum absolute atomic E-state index is 0.0497. The molecular formula is C70H86N6O39S9. The molecule has 684 valence electrons. The molecule has 0 radical (unpaired) electrons. The zero-order chi connectivity index (χ0) is 90.4. The molecule has 18 aliphatic rings. The largest absolute Gasteiger partial charge is 0.457 e. The van der Waals surface area contributed by atoms with Crippen molar-refractivity contribution in [2.24, 2.45) is 0 Å². The number of hydrogen-bond donors (Lipinski definition) is 6. The second-order valence-electron chi connectivity index (χ2n) is 31.2. The Labute approximate surface area is 722 Å². The van der Waals surface area contributed by atoms with Crippen LogP contribution < -0.4 is 31.9 Å². The molecule has 0 saturated carbocycles. The van der Waals surface area contributed by atoms with Gasteiger partial charge in [-0.2, -0.15) is 50.5 Å². The summed E-state index contributed by atoms with van der Waals surface area (Å²) in [5.41, 5.74) is 1.15. The molecule has 0 aromatic rings. The van der Waals surface area contributed by atoms with Crippen LogP contribution in [0.15, 0.2) is 73.9 Å². The number of carbonyl (C=O) groups is 12. The molecule has 54 heteroatoms. The molecule has 6 N–H and O–H groups in total. The van der Waals surface area contributed by atoms with Gasteiger partial charge in [0.25, 0.3) is 60.7 Å². The standard InChI is InChI=1S/2C12H15NO7S.2C12H15NO6S2.C11H13NO7S.C11H13NO6S2/c2*1-5(2)12(15)13-4-8(14)19-9-6-3-7-10(18-6)11(9)20-21(7,16)17;2*1-5(2)12(15)13-4-8(14)18-9-6-3-7-11(20-6)10(9)19-21(7,16)17;1-2-7(13)12-4-8(14)18-9-5-3-6-10(17-5)11(9)19-20(6,15)16;1-2-7(13)12-4-8(14)17-9-5-3-6-11(19-5)10(9)18-20(6,15)16/h4*6-7,9-11H,1,3-4H2,2H3,(H,13,15);2*2,5-6,9-11H,1,3-4H2,(H,12,13). The lowest BCUT2D eigenvalue weighted by Crippen LogP contribution is -2.43. The van der Waals surface area contributed by atoms with Crippen molar-refractivity contribution in [1.82, 2.24) is 31.9 Å². The zero-order valence-corrected chi connectivity index (χ0v) is 73.1. The van der Waals surface area contributed by atoms with E-state index in [2.05, 4.69) is 71.4 Å². The number of carbonyl (C=O) groups excluding carboxylic acids is 12. The van der Waals surface area contributed by atoms with Crippen molar-refractivity contribution in [3.63, 3.8) is 0 Å². The van der Waals surface area contributed by atoms with Crippen molar-refractivity contribution in [3.05, 3.63) is 73.9 Å². The van der Waals surface area contributed by atoms with Gasteiger partial charge in [0.15, 0.2) is 18.3 Å². The Bertz CT molecular complexity index is 4710. The normalized spacial score (nSPS) is 38.6. The van der Waals surface area contributed by atoms with Crippen LogP contribution in [0.4, 0.5) is 0 Å². The summed E-state index contributed by atoms with van der Waals surface area (Å²) in [6.07, 6.45) is -6.94. The number of hydrogen-bond acceptors (Lipinski definition) is 42. The predicted octanol–water partition coefficient (Wildman–Crippen LogP) is -5.48. The molecule has 18 heterocycles. The minimum Gasteiger partial charge on any atom is -0.457 e. The summed E-state index contributed by atoms with van der Waals surface area (Å²) >= 11 is 4.52. The van der Waals surface area contributed by atoms with Crippen LogP contribution in [0, 0.1) is 0 Å². The van der Waals surface area contributed by atoms with E-state index in [0.29, 0.717) is 30.4 Å². The Kier molecular flexibility index (Phi) is 27.5. The average molecular weight is 1920 g/mol. The maximum absolute atomic E-state index is 11.8. The van der Waals surface area contributed by atoms with Gasteiger partial charge in [0.2, 0.25) is 35.4 Å². The minimum atomic E-state index is -3.63. The summed E-state index contributed by atoms with van der Waals surface area (Å²) in [7, 11) is -21.5. The number of ether oxygens (including phenoxy) is 9. The summed E-state index contributed by atoms with van der Waals surface area (Å²) in [4.78, 5) is 137. The molecule has 0 aromatic heterocycles. The van der Waals surface area contributed by atoms with E-state index in [9.17, 15) is 108 Å². The lowest BCUT2D eigenvalue weighted by atomic mass is 9.94. The number of rotatable bonds is 24. The third-order valence-electron chi connectivity index (χ3n) is 22.7. The summed E-state index contributed by atoms with van der Waals surface area (Å²) in [5, 5.41) is 10.0. The number of fused-ring (bicyclic) bond motifs is 6. The zero-order valence-electron chi connectivity index (χ0n) is 65.8. The first-order valence-corrected chi connectivity index (χ1v) is 49.9. The van der Waals surface area contributed by atoms with Crippen LogP contribution in [0.2, 0.25) is 0 Å². The molecule has 0 aromatic carbocycles. The fraction of sp³-hybridized carbons (Fsp3) is 0.657. The summed E-state index contributed by atoms with van der Waals surface area (Å²) in [6.45, 7) is 24.7. The molecule has 0 spiro atoms. The van der Waals surface area contributed by atoms with E-state index in [-0.39, 0.29) is 101 Å². The van der Waals surface area contributed by atoms with Gasteiger partial charge in [-0.3, -0.25) is 82.6 Å². The van der Waals surface area contributed by atoms with Crippen LogP contribution in [0.3, 0.4) is 0 Å². The molecule has 18 rings (SSSR count). The Hall–Kier alpha value is -7.53. The molecule has 12 bridgehead atoms. The van der Waals surface area contributed by atoms with Gasteiger partial charge in [0.05, 0.1) is 34.1 Å². The summed E-state index contributed by atoms with van der Waals surface area (Å²) in [6, 6.07) is 0. The molecule has 45 nitrogen and oxygen atoms in total. The summed E-state index contributed by atoms with van der Waals surface area (Å²) < 4.78 is 219. The lowest BCUT2D eigenvalue weighted by Gasteiger charge is -2.23. The van der Waals surface area contributed by atoms with Gasteiger partial charge < -0.3 is 74.5 Å². The highest BCUT2D eigenvalue weighted by atomic mass is 32.2. The number of nitrogens with one attached hydrogen (secondary N) is 6. The van der Waals surface area contributed by atoms with Crippen LogP contribution in [0.5, 0.6) is 0 Å². The van der Waals surface area contributed by atoms with E-state index >= 15 is 0 Å². The topological polar surface area (TPSA) is 620 Å². The SMILES string of the molecule is C=C(C)C(=O)NCC(=O)OC1C2CC3C(O2)C1OS3(=O)=O.C=C(C)C(=O)NCC(=O)OC1C2CC3C(O2)C1OS3(=O)=O.C=C(C)C(=O)NCC(=O)OC1C2CC3C(S2)C1OS3(=O)=O.C=C(C)C(=O)NCC(=O)OC1C2CC3C(S2)C1OS3(=O)=O.C=CC(=O)NCC(=O)OC1C2CC3C(O2)C1OS3(=O)=O.C=CC(=O)NCC(=O)OC1C2CC3C(S2)C1OS3(=O)=O. The van der Waals surface area contributed by atoms with Crippen molar-refractivity contribution in [3.8, 4) is 0 Å². The highest BCUT2D eigenvalue weighted by Crippen LogP contribution is 2.59. The maximum atomic E-state index is 11.8. The van der Waals surface area contributed by atoms with Gasteiger partial charge in [-0.25, -0.2) is 0 Å². The van der Waals surface area contributed by atoms with Crippen molar-refractivity contribution in [1.29, 1.82) is 0 Å². The van der Waals surface area contributed by atoms with Gasteiger partial charge in [0, 0.05) is 38.0 Å². The smallest absolute Gasteiger partial charge is 0.325 e. The van der Waals surface area contributed by atoms with Gasteiger partial charge in [-0.15, -0.1) is 35.3 Å². The van der Waals surface area contributed by atoms with E-state index in [1.165, 1.54) is 63.0 Å². The third kappa shape index (κ3) is 19.3. The van der Waals surface area contributed by atoms with E-state index in [1.807, 2.05) is 0 Å². The van der Waals surface area contributed by atoms with E-state index < -0.39 is 273 Å². The second-order valence-corrected chi connectivity index (χ2v) is 46.2. The van der Waals surface area contributed by atoms with Crippen molar-refractivity contribution in [2.75, 3.05) is 39.3 Å². The maximum Gasteiger partial charge on any atom is 0.325 e. The fourth-order valence-corrected chi connectivity index (χ4v) is 34.4. The van der Waals surface area contributed by atoms with Crippen molar-refractivity contribution < 1.29 is 176 Å². The van der Waals surface area contributed by atoms with E-state index in [0.717, 1.165) is 12.2 Å². The predicted molar refractivity (Wildman–Crippen MR) is 422 cm³/mol. The van der Waals surface area contributed by atoms with Crippen LogP contribution in [0.1, 0.15) is 66.2 Å².